The zero-order valence-electron chi connectivity index (χ0n) is 8.21. The molecule has 2 aromatic rings. The highest BCUT2D eigenvalue weighted by molar-refractivity contribution is 5.80. The van der Waals surface area contributed by atoms with Gasteiger partial charge in [-0.1, -0.05) is 18.2 Å². The van der Waals surface area contributed by atoms with Crippen LogP contribution in [0.2, 0.25) is 0 Å². The summed E-state index contributed by atoms with van der Waals surface area (Å²) in [5.74, 6) is 0. The number of rotatable bonds is 4. The van der Waals surface area contributed by atoms with E-state index in [2.05, 4.69) is 28.7 Å². The molecule has 0 spiro atoms. The number of fused-ring (bicyclic) bond motifs is 1. The van der Waals surface area contributed by atoms with Crippen LogP contribution in [-0.2, 0) is 11.3 Å². The lowest BCUT2D eigenvalue weighted by molar-refractivity contribution is 0.0926. The van der Waals surface area contributed by atoms with Crippen LogP contribution in [0.15, 0.2) is 30.3 Å². The van der Waals surface area contributed by atoms with Gasteiger partial charge in [-0.05, 0) is 17.5 Å². The van der Waals surface area contributed by atoms with E-state index in [9.17, 15) is 0 Å². The van der Waals surface area contributed by atoms with Gasteiger partial charge in [0.15, 0.2) is 0 Å². The van der Waals surface area contributed by atoms with Gasteiger partial charge in [0.05, 0.1) is 7.11 Å². The van der Waals surface area contributed by atoms with Gasteiger partial charge in [0.25, 0.3) is 0 Å². The number of hydroxylamine groups is 1. The van der Waals surface area contributed by atoms with Crippen LogP contribution >= 0.6 is 0 Å². The van der Waals surface area contributed by atoms with Crippen molar-refractivity contribution in [2.45, 2.75) is 6.42 Å². The number of H-pyrrole nitrogens is 1. The third-order valence-electron chi connectivity index (χ3n) is 2.23. The molecule has 3 nitrogen and oxygen atoms in total. The maximum Gasteiger partial charge on any atom is 0.0572 e. The van der Waals surface area contributed by atoms with E-state index in [-0.39, 0.29) is 0 Å². The van der Waals surface area contributed by atoms with Gasteiger partial charge in [0, 0.05) is 24.2 Å². The Hall–Kier alpha value is -1.32. The molecule has 14 heavy (non-hydrogen) atoms. The fourth-order valence-electron chi connectivity index (χ4n) is 1.56. The van der Waals surface area contributed by atoms with E-state index in [0.717, 1.165) is 13.0 Å². The third-order valence-corrected chi connectivity index (χ3v) is 2.23. The topological polar surface area (TPSA) is 37.0 Å². The molecule has 74 valence electrons. The van der Waals surface area contributed by atoms with Gasteiger partial charge in [0.1, 0.15) is 0 Å². The summed E-state index contributed by atoms with van der Waals surface area (Å²) in [6.45, 7) is 0.823. The molecular formula is C11H14N2O. The van der Waals surface area contributed by atoms with Gasteiger partial charge < -0.3 is 9.82 Å². The molecule has 0 amide bonds. The number of para-hydroxylation sites is 1. The van der Waals surface area contributed by atoms with E-state index >= 15 is 0 Å². The number of aromatic amines is 1. The molecule has 0 aliphatic heterocycles. The molecule has 1 aromatic carbocycles. The van der Waals surface area contributed by atoms with Crippen molar-refractivity contribution in [1.82, 2.24) is 10.5 Å². The minimum atomic E-state index is 0.823. The van der Waals surface area contributed by atoms with Gasteiger partial charge in [0.2, 0.25) is 0 Å². The summed E-state index contributed by atoms with van der Waals surface area (Å²) in [4.78, 5) is 8.13. The maximum atomic E-state index is 4.77. The number of benzene rings is 1. The van der Waals surface area contributed by atoms with Gasteiger partial charge in [-0.15, -0.1) is 0 Å². The van der Waals surface area contributed by atoms with Crippen LogP contribution in [0.25, 0.3) is 10.9 Å². The number of nitrogens with one attached hydrogen (secondary N) is 2. The number of hydrogen-bond donors (Lipinski definition) is 2. The van der Waals surface area contributed by atoms with E-state index in [1.54, 1.807) is 7.11 Å². The van der Waals surface area contributed by atoms with Crippen molar-refractivity contribution >= 4 is 10.9 Å². The summed E-state index contributed by atoms with van der Waals surface area (Å²) in [5, 5.41) is 1.26. The Balaban J connectivity index is 2.11. The monoisotopic (exact) mass is 190 g/mol. The van der Waals surface area contributed by atoms with Crippen molar-refractivity contribution in [3.05, 3.63) is 36.0 Å². The molecule has 0 saturated carbocycles. The number of aromatic nitrogens is 1. The SMILES string of the molecule is CONCCc1cc2ccccc2[nH]1. The van der Waals surface area contributed by atoms with Crippen LogP contribution in [0.5, 0.6) is 0 Å². The first-order valence-electron chi connectivity index (χ1n) is 4.72. The molecule has 0 radical (unpaired) electrons. The Morgan fingerprint density at radius 1 is 1.36 bits per heavy atom. The van der Waals surface area contributed by atoms with E-state index in [0.29, 0.717) is 0 Å². The minimum Gasteiger partial charge on any atom is -0.358 e. The molecular weight excluding hydrogens is 176 g/mol. The quantitative estimate of drug-likeness (QED) is 0.570. The first-order valence-corrected chi connectivity index (χ1v) is 4.72. The lowest BCUT2D eigenvalue weighted by atomic mass is 10.2. The van der Waals surface area contributed by atoms with Gasteiger partial charge >= 0.3 is 0 Å². The highest BCUT2D eigenvalue weighted by Gasteiger charge is 1.98. The first kappa shape index (κ1) is 9.24. The van der Waals surface area contributed by atoms with E-state index < -0.39 is 0 Å². The van der Waals surface area contributed by atoms with E-state index in [1.807, 2.05) is 12.1 Å². The summed E-state index contributed by atoms with van der Waals surface area (Å²) in [7, 11) is 1.63. The second kappa shape index (κ2) is 4.26. The molecule has 0 bridgehead atoms. The average molecular weight is 190 g/mol. The molecule has 3 heteroatoms. The summed E-state index contributed by atoms with van der Waals surface area (Å²) in [6.07, 6.45) is 0.947. The molecule has 0 aliphatic rings. The second-order valence-corrected chi connectivity index (χ2v) is 3.23. The fourth-order valence-corrected chi connectivity index (χ4v) is 1.56. The third kappa shape index (κ3) is 1.95. The molecule has 2 N–H and O–H groups in total. The molecule has 0 aliphatic carbocycles. The van der Waals surface area contributed by atoms with Gasteiger partial charge in [-0.25, -0.2) is 5.48 Å². The summed E-state index contributed by atoms with van der Waals surface area (Å²) in [5.41, 5.74) is 5.25. The Morgan fingerprint density at radius 3 is 3.00 bits per heavy atom. The molecule has 1 heterocycles. The summed E-state index contributed by atoms with van der Waals surface area (Å²) in [6, 6.07) is 10.5. The lowest BCUT2D eigenvalue weighted by Gasteiger charge is -1.98. The largest absolute Gasteiger partial charge is 0.358 e. The predicted octanol–water partition coefficient (Wildman–Crippen LogP) is 1.86. The van der Waals surface area contributed by atoms with Crippen LogP contribution in [0.1, 0.15) is 5.69 Å². The molecule has 0 saturated heterocycles. The second-order valence-electron chi connectivity index (χ2n) is 3.23. The van der Waals surface area contributed by atoms with Crippen LogP contribution in [0, 0.1) is 0 Å². The Bertz CT molecular complexity index is 375. The van der Waals surface area contributed by atoms with Crippen LogP contribution < -0.4 is 5.48 Å². The van der Waals surface area contributed by atoms with Crippen molar-refractivity contribution in [2.24, 2.45) is 0 Å². The summed E-state index contributed by atoms with van der Waals surface area (Å²) >= 11 is 0. The Kier molecular flexibility index (Phi) is 2.81. The van der Waals surface area contributed by atoms with E-state index in [4.69, 9.17) is 4.84 Å². The zero-order valence-corrected chi connectivity index (χ0v) is 8.21. The minimum absolute atomic E-state index is 0.823. The Morgan fingerprint density at radius 2 is 2.21 bits per heavy atom. The lowest BCUT2D eigenvalue weighted by Crippen LogP contribution is -2.15. The molecule has 0 atom stereocenters. The highest BCUT2D eigenvalue weighted by atomic mass is 16.6. The predicted molar refractivity (Wildman–Crippen MR) is 57.0 cm³/mol. The molecule has 1 aromatic heterocycles. The first-order chi connectivity index (χ1) is 6.90. The standard InChI is InChI=1S/C11H14N2O/c1-14-12-7-6-10-8-9-4-2-3-5-11(9)13-10/h2-5,8,12-13H,6-7H2,1H3. The van der Waals surface area contributed by atoms with Crippen molar-refractivity contribution in [3.63, 3.8) is 0 Å². The van der Waals surface area contributed by atoms with Crippen molar-refractivity contribution < 1.29 is 4.84 Å². The van der Waals surface area contributed by atoms with Crippen molar-refractivity contribution in [1.29, 1.82) is 0 Å². The highest BCUT2D eigenvalue weighted by Crippen LogP contribution is 2.14. The number of hydrogen-bond acceptors (Lipinski definition) is 2. The average Bonchev–Trinajstić information content (AvgIpc) is 2.60. The normalized spacial score (nSPS) is 10.9. The van der Waals surface area contributed by atoms with Crippen LogP contribution in [0.4, 0.5) is 0 Å². The van der Waals surface area contributed by atoms with Gasteiger partial charge in [-0.2, -0.15) is 0 Å². The molecule has 0 fully saturated rings. The van der Waals surface area contributed by atoms with E-state index in [1.165, 1.54) is 16.6 Å². The van der Waals surface area contributed by atoms with Crippen molar-refractivity contribution in [3.8, 4) is 0 Å². The zero-order chi connectivity index (χ0) is 9.80. The van der Waals surface area contributed by atoms with Crippen LogP contribution in [-0.4, -0.2) is 18.6 Å². The Labute approximate surface area is 83.0 Å². The molecule has 2 rings (SSSR count). The maximum absolute atomic E-state index is 4.77. The van der Waals surface area contributed by atoms with Crippen LogP contribution in [0.3, 0.4) is 0 Å². The fraction of sp³-hybridized carbons (Fsp3) is 0.273. The summed E-state index contributed by atoms with van der Waals surface area (Å²) < 4.78 is 0. The smallest absolute Gasteiger partial charge is 0.0572 e. The van der Waals surface area contributed by atoms with Crippen molar-refractivity contribution in [2.75, 3.05) is 13.7 Å². The van der Waals surface area contributed by atoms with Gasteiger partial charge in [-0.3, -0.25) is 0 Å². The molecule has 0 unspecified atom stereocenters.